The summed E-state index contributed by atoms with van der Waals surface area (Å²) < 4.78 is 31.7. The molecule has 0 unspecified atom stereocenters. The SMILES string of the molecule is C=C1/C(=C\C(=NC)OCC(/C=C(C)/C(CC)=C(C)/C=C(\C)OCC2(C)COC2)=C(/C)F)C[C@H]2C[C@@H]12. The van der Waals surface area contributed by atoms with Gasteiger partial charge in [-0.1, -0.05) is 20.4 Å². The van der Waals surface area contributed by atoms with E-state index in [1.807, 2.05) is 26.0 Å². The van der Waals surface area contributed by atoms with Crippen molar-refractivity contribution in [1.29, 1.82) is 0 Å². The van der Waals surface area contributed by atoms with Gasteiger partial charge in [-0.05, 0) is 98.8 Å². The van der Waals surface area contributed by atoms with E-state index in [1.165, 1.54) is 24.5 Å². The molecule has 4 nitrogen and oxygen atoms in total. The van der Waals surface area contributed by atoms with Gasteiger partial charge >= 0.3 is 0 Å². The number of halogens is 1. The Balaban J connectivity index is 1.67. The van der Waals surface area contributed by atoms with Crippen molar-refractivity contribution in [3.63, 3.8) is 0 Å². The van der Waals surface area contributed by atoms with E-state index in [2.05, 4.69) is 38.4 Å². The van der Waals surface area contributed by atoms with Crippen LogP contribution >= 0.6 is 0 Å². The van der Waals surface area contributed by atoms with Gasteiger partial charge in [0.25, 0.3) is 0 Å². The zero-order valence-corrected chi connectivity index (χ0v) is 22.6. The highest BCUT2D eigenvalue weighted by Gasteiger charge is 2.46. The lowest BCUT2D eigenvalue weighted by molar-refractivity contribution is -0.129. The standard InChI is InChI=1S/C30H42FNO3/c1-9-27(19(2)10-21(4)35-18-30(7)16-33-17-30)20(3)11-26(23(6)31)15-34-29(32-8)14-24-12-25-13-28(25)22(24)5/h10-11,14,25,28H,5,9,12-13,15-18H2,1-4,6-8H3/b20-11+,21-10+,24-14-,26-23-,27-19+,32-29?/t25-,28-/m0/s1. The molecule has 0 bridgehead atoms. The van der Waals surface area contributed by atoms with Gasteiger partial charge in [0.15, 0.2) is 0 Å². The number of hydrogen-bond donors (Lipinski definition) is 0. The third-order valence-corrected chi connectivity index (χ3v) is 7.27. The maximum absolute atomic E-state index is 14.5. The second kappa shape index (κ2) is 11.6. The quantitative estimate of drug-likeness (QED) is 0.140. The summed E-state index contributed by atoms with van der Waals surface area (Å²) in [5.41, 5.74) is 6.35. The van der Waals surface area contributed by atoms with E-state index >= 15 is 0 Å². The van der Waals surface area contributed by atoms with E-state index in [4.69, 9.17) is 14.2 Å². The summed E-state index contributed by atoms with van der Waals surface area (Å²) in [5, 5.41) is 0. The maximum Gasteiger partial charge on any atom is 0.208 e. The van der Waals surface area contributed by atoms with Crippen molar-refractivity contribution in [2.24, 2.45) is 22.2 Å². The molecule has 3 fully saturated rings. The highest BCUT2D eigenvalue weighted by Crippen LogP contribution is 2.56. The number of fused-ring (bicyclic) bond motifs is 1. The lowest BCUT2D eigenvalue weighted by Gasteiger charge is -2.37. The van der Waals surface area contributed by atoms with Gasteiger partial charge in [-0.25, -0.2) is 4.39 Å². The first kappa shape index (κ1) is 27.2. The number of rotatable bonds is 10. The van der Waals surface area contributed by atoms with Gasteiger partial charge in [-0.15, -0.1) is 0 Å². The summed E-state index contributed by atoms with van der Waals surface area (Å²) in [4.78, 5) is 4.27. The Morgan fingerprint density at radius 1 is 1.20 bits per heavy atom. The molecule has 0 aromatic heterocycles. The van der Waals surface area contributed by atoms with Crippen LogP contribution in [0.5, 0.6) is 0 Å². The van der Waals surface area contributed by atoms with Crippen molar-refractivity contribution in [2.45, 2.75) is 60.8 Å². The summed E-state index contributed by atoms with van der Waals surface area (Å²) in [6, 6.07) is 0. The first-order valence-corrected chi connectivity index (χ1v) is 12.7. The predicted octanol–water partition coefficient (Wildman–Crippen LogP) is 7.43. The zero-order chi connectivity index (χ0) is 25.8. The van der Waals surface area contributed by atoms with Crippen molar-refractivity contribution in [1.82, 2.24) is 0 Å². The third kappa shape index (κ3) is 7.07. The second-order valence-electron chi connectivity index (χ2n) is 10.6. The van der Waals surface area contributed by atoms with Crippen LogP contribution < -0.4 is 0 Å². The predicted molar refractivity (Wildman–Crippen MR) is 142 cm³/mol. The summed E-state index contributed by atoms with van der Waals surface area (Å²) in [5.74, 6) is 2.54. The van der Waals surface area contributed by atoms with Crippen LogP contribution in [-0.4, -0.2) is 39.4 Å². The van der Waals surface area contributed by atoms with Crippen LogP contribution in [0.1, 0.15) is 60.8 Å². The number of ether oxygens (including phenoxy) is 3. The van der Waals surface area contributed by atoms with Crippen LogP contribution in [0.2, 0.25) is 0 Å². The average Bonchev–Trinajstić information content (AvgIpc) is 3.49. The Labute approximate surface area is 211 Å². The molecule has 2 aliphatic carbocycles. The van der Waals surface area contributed by atoms with Crippen molar-refractivity contribution in [3.05, 3.63) is 69.8 Å². The molecule has 2 atom stereocenters. The van der Waals surface area contributed by atoms with E-state index in [-0.39, 0.29) is 17.8 Å². The zero-order valence-electron chi connectivity index (χ0n) is 22.6. The molecule has 1 aliphatic heterocycles. The molecule has 192 valence electrons. The molecule has 0 N–H and O–H groups in total. The molecule has 5 heteroatoms. The second-order valence-corrected chi connectivity index (χ2v) is 10.6. The van der Waals surface area contributed by atoms with Gasteiger partial charge in [0.2, 0.25) is 5.90 Å². The minimum atomic E-state index is -0.252. The molecule has 0 amide bonds. The van der Waals surface area contributed by atoms with Crippen LogP contribution in [0.25, 0.3) is 0 Å². The Morgan fingerprint density at radius 2 is 1.91 bits per heavy atom. The summed E-state index contributed by atoms with van der Waals surface area (Å²) in [7, 11) is 1.70. The highest BCUT2D eigenvalue weighted by molar-refractivity contribution is 5.89. The van der Waals surface area contributed by atoms with Gasteiger partial charge in [0.1, 0.15) is 12.4 Å². The molecule has 0 spiro atoms. The molecule has 2 saturated carbocycles. The fraction of sp³-hybridized carbons (Fsp3) is 0.567. The van der Waals surface area contributed by atoms with E-state index in [1.54, 1.807) is 7.05 Å². The van der Waals surface area contributed by atoms with E-state index in [9.17, 15) is 4.39 Å². The first-order chi connectivity index (χ1) is 16.6. The topological polar surface area (TPSA) is 40.0 Å². The van der Waals surface area contributed by atoms with Crippen molar-refractivity contribution < 1.29 is 18.6 Å². The minimum absolute atomic E-state index is 0.108. The number of hydrogen-bond acceptors (Lipinski definition) is 4. The van der Waals surface area contributed by atoms with Gasteiger partial charge < -0.3 is 14.2 Å². The normalized spacial score (nSPS) is 26.7. The molecule has 3 rings (SSSR count). The van der Waals surface area contributed by atoms with Crippen LogP contribution in [-0.2, 0) is 14.2 Å². The minimum Gasteiger partial charge on any atom is -0.497 e. The fourth-order valence-electron chi connectivity index (χ4n) is 4.89. The van der Waals surface area contributed by atoms with Crippen molar-refractivity contribution >= 4 is 5.90 Å². The summed E-state index contributed by atoms with van der Waals surface area (Å²) >= 11 is 0. The Morgan fingerprint density at radius 3 is 2.43 bits per heavy atom. The third-order valence-electron chi connectivity index (χ3n) is 7.27. The molecular formula is C30H42FNO3. The molecule has 3 aliphatic rings. The van der Waals surface area contributed by atoms with Gasteiger partial charge in [0, 0.05) is 24.1 Å². The number of allylic oxidation sites excluding steroid dienone is 8. The van der Waals surface area contributed by atoms with Crippen LogP contribution in [0.3, 0.4) is 0 Å². The van der Waals surface area contributed by atoms with Crippen molar-refractivity contribution in [3.8, 4) is 0 Å². The van der Waals surface area contributed by atoms with Gasteiger partial charge in [-0.2, -0.15) is 0 Å². The smallest absolute Gasteiger partial charge is 0.208 e. The number of nitrogens with zero attached hydrogens (tertiary/aromatic N) is 1. The van der Waals surface area contributed by atoms with Crippen LogP contribution in [0.4, 0.5) is 4.39 Å². The Kier molecular flexibility index (Phi) is 8.98. The van der Waals surface area contributed by atoms with Gasteiger partial charge in [0.05, 0.1) is 25.6 Å². The number of aliphatic imine (C=N–C) groups is 1. The van der Waals surface area contributed by atoms with E-state index in [0.717, 1.165) is 54.5 Å². The van der Waals surface area contributed by atoms with E-state index in [0.29, 0.717) is 24.0 Å². The van der Waals surface area contributed by atoms with Gasteiger partial charge in [-0.3, -0.25) is 4.99 Å². The molecule has 35 heavy (non-hydrogen) atoms. The molecule has 1 saturated heterocycles. The summed E-state index contributed by atoms with van der Waals surface area (Å²) in [6.07, 6.45) is 9.06. The maximum atomic E-state index is 14.5. The molecule has 1 heterocycles. The summed E-state index contributed by atoms with van der Waals surface area (Å²) in [6.45, 7) is 18.3. The monoisotopic (exact) mass is 483 g/mol. The Hall–Kier alpha value is -2.40. The highest BCUT2D eigenvalue weighted by atomic mass is 19.1. The lowest BCUT2D eigenvalue weighted by Crippen LogP contribution is -2.43. The van der Waals surface area contributed by atoms with E-state index < -0.39 is 0 Å². The molecule has 0 aromatic carbocycles. The van der Waals surface area contributed by atoms with Crippen LogP contribution in [0.15, 0.2) is 74.8 Å². The molecule has 0 radical (unpaired) electrons. The van der Waals surface area contributed by atoms with Crippen LogP contribution in [0, 0.1) is 17.3 Å². The Bertz CT molecular complexity index is 1020. The fourth-order valence-corrected chi connectivity index (χ4v) is 4.89. The molecule has 0 aromatic rings. The largest absolute Gasteiger partial charge is 0.497 e. The van der Waals surface area contributed by atoms with Crippen molar-refractivity contribution in [2.75, 3.05) is 33.5 Å². The lowest BCUT2D eigenvalue weighted by atomic mass is 9.90. The molecular weight excluding hydrogens is 441 g/mol. The first-order valence-electron chi connectivity index (χ1n) is 12.7. The average molecular weight is 484 g/mol.